The fourth-order valence-corrected chi connectivity index (χ4v) is 5.65. The van der Waals surface area contributed by atoms with Crippen LogP contribution in [0.5, 0.6) is 11.5 Å². The summed E-state index contributed by atoms with van der Waals surface area (Å²) in [4.78, 5) is 28.0. The molecule has 3 aromatic carbocycles. The molecule has 2 aliphatic rings. The third-order valence-corrected chi connectivity index (χ3v) is 7.62. The van der Waals surface area contributed by atoms with Gasteiger partial charge in [0, 0.05) is 12.0 Å². The second kappa shape index (κ2) is 9.99. The first kappa shape index (κ1) is 24.8. The van der Waals surface area contributed by atoms with E-state index >= 15 is 0 Å². The average Bonchev–Trinajstić information content (AvgIpc) is 3.62. The van der Waals surface area contributed by atoms with E-state index < -0.39 is 17.7 Å². The Bertz CT molecular complexity index is 1600. The van der Waals surface area contributed by atoms with Gasteiger partial charge >= 0.3 is 5.91 Å². The van der Waals surface area contributed by atoms with Crippen LogP contribution in [0.3, 0.4) is 0 Å². The first-order valence-corrected chi connectivity index (χ1v) is 13.4. The molecule has 0 spiro atoms. The number of carbonyl (C=O) groups is 2. The predicted molar refractivity (Wildman–Crippen MR) is 147 cm³/mol. The summed E-state index contributed by atoms with van der Waals surface area (Å²) in [6, 6.07) is 21.4. The van der Waals surface area contributed by atoms with Crippen LogP contribution in [0, 0.1) is 6.92 Å². The zero-order valence-corrected chi connectivity index (χ0v) is 22.1. The maximum Gasteiger partial charge on any atom is 0.301 e. The number of ketones is 1. The first-order chi connectivity index (χ1) is 18.9. The van der Waals surface area contributed by atoms with E-state index in [2.05, 4.69) is 10.2 Å². The van der Waals surface area contributed by atoms with E-state index in [1.54, 1.807) is 43.3 Å². The van der Waals surface area contributed by atoms with E-state index in [0.29, 0.717) is 40.0 Å². The minimum atomic E-state index is -0.885. The van der Waals surface area contributed by atoms with Crippen molar-refractivity contribution < 1.29 is 24.2 Å². The molecule has 2 atom stereocenters. The van der Waals surface area contributed by atoms with Crippen LogP contribution < -0.4 is 14.4 Å². The van der Waals surface area contributed by atoms with Crippen LogP contribution in [0.25, 0.3) is 5.76 Å². The molecule has 3 heterocycles. The van der Waals surface area contributed by atoms with E-state index in [4.69, 9.17) is 9.47 Å². The Morgan fingerprint density at radius 3 is 2.56 bits per heavy atom. The Kier molecular flexibility index (Phi) is 6.36. The molecule has 1 N–H and O–H groups in total. The number of aliphatic hydroxyl groups excluding tert-OH is 1. The average molecular weight is 540 g/mol. The number of hydrogen-bond acceptors (Lipinski definition) is 8. The molecular weight excluding hydrogens is 514 g/mol. The predicted octanol–water partition coefficient (Wildman–Crippen LogP) is 5.38. The summed E-state index contributed by atoms with van der Waals surface area (Å²) in [7, 11) is 0. The number of fused-ring (bicyclic) bond motifs is 1. The number of Topliss-reactive ketones (excluding diaryl/α,β-unsaturated/α-hetero) is 1. The van der Waals surface area contributed by atoms with Gasteiger partial charge in [-0.2, -0.15) is 0 Å². The van der Waals surface area contributed by atoms with Crippen LogP contribution in [0.4, 0.5) is 5.13 Å². The largest absolute Gasteiger partial charge is 0.507 e. The third kappa shape index (κ3) is 4.66. The van der Waals surface area contributed by atoms with Crippen molar-refractivity contribution in [3.63, 3.8) is 0 Å². The minimum Gasteiger partial charge on any atom is -0.507 e. The van der Waals surface area contributed by atoms with E-state index in [1.807, 2.05) is 43.3 Å². The first-order valence-electron chi connectivity index (χ1n) is 12.6. The Labute approximate surface area is 229 Å². The number of aliphatic hydroxyl groups is 1. The summed E-state index contributed by atoms with van der Waals surface area (Å²) >= 11 is 1.21. The number of aromatic nitrogens is 2. The maximum atomic E-state index is 13.4. The van der Waals surface area contributed by atoms with Crippen molar-refractivity contribution >= 4 is 33.9 Å². The molecule has 8 nitrogen and oxygen atoms in total. The lowest BCUT2D eigenvalue weighted by Crippen LogP contribution is -2.29. The van der Waals surface area contributed by atoms with Crippen molar-refractivity contribution in [1.82, 2.24) is 10.2 Å². The van der Waals surface area contributed by atoms with Crippen molar-refractivity contribution in [1.29, 1.82) is 0 Å². The second-order valence-electron chi connectivity index (χ2n) is 9.57. The van der Waals surface area contributed by atoms with E-state index in [0.717, 1.165) is 16.9 Å². The molecule has 0 aliphatic carbocycles. The van der Waals surface area contributed by atoms with E-state index in [-0.39, 0.29) is 17.4 Å². The molecule has 1 aromatic heterocycles. The summed E-state index contributed by atoms with van der Waals surface area (Å²) < 4.78 is 11.7. The maximum absolute atomic E-state index is 13.4. The second-order valence-corrected chi connectivity index (χ2v) is 10.7. The van der Waals surface area contributed by atoms with Gasteiger partial charge in [-0.05, 0) is 60.9 Å². The summed E-state index contributed by atoms with van der Waals surface area (Å²) in [5.74, 6) is -0.389. The normalized spacial score (nSPS) is 19.7. The highest BCUT2D eigenvalue weighted by atomic mass is 32.1. The summed E-state index contributed by atoms with van der Waals surface area (Å²) in [5, 5.41) is 20.6. The Hall–Kier alpha value is -4.50. The number of anilines is 1. The van der Waals surface area contributed by atoms with Gasteiger partial charge in [-0.15, -0.1) is 10.2 Å². The molecule has 0 radical (unpaired) electrons. The van der Waals surface area contributed by atoms with Crippen LogP contribution in [-0.4, -0.2) is 33.1 Å². The zero-order valence-electron chi connectivity index (χ0n) is 21.3. The number of nitrogens with zero attached hydrogens (tertiary/aromatic N) is 3. The molecule has 9 heteroatoms. The van der Waals surface area contributed by atoms with Crippen LogP contribution in [-0.2, 0) is 22.6 Å². The lowest BCUT2D eigenvalue weighted by molar-refractivity contribution is -0.132. The van der Waals surface area contributed by atoms with Gasteiger partial charge in [0.1, 0.15) is 35.0 Å². The SMILES string of the molecule is Cc1nnc(N2C(=O)C(=O)C(=C(O)c3ccc4c(c3)C[C@H](C)O4)[C@@H]2c2ccc(OCc3ccccc3)cc2)s1. The molecule has 4 aromatic rings. The van der Waals surface area contributed by atoms with Gasteiger partial charge in [0.15, 0.2) is 0 Å². The van der Waals surface area contributed by atoms with Crippen LogP contribution in [0.15, 0.2) is 78.4 Å². The monoisotopic (exact) mass is 539 g/mol. The Morgan fingerprint density at radius 2 is 1.85 bits per heavy atom. The fourth-order valence-electron chi connectivity index (χ4n) is 4.94. The van der Waals surface area contributed by atoms with Gasteiger partial charge in [0.25, 0.3) is 5.78 Å². The van der Waals surface area contributed by atoms with Crippen molar-refractivity contribution in [3.05, 3.63) is 106 Å². The number of rotatable bonds is 6. The van der Waals surface area contributed by atoms with E-state index in [9.17, 15) is 14.7 Å². The van der Waals surface area contributed by atoms with Crippen molar-refractivity contribution in [2.24, 2.45) is 0 Å². The third-order valence-electron chi connectivity index (χ3n) is 6.78. The smallest absolute Gasteiger partial charge is 0.301 e. The molecule has 0 bridgehead atoms. The topological polar surface area (TPSA) is 102 Å². The minimum absolute atomic E-state index is 0.00211. The lowest BCUT2D eigenvalue weighted by Gasteiger charge is -2.22. The van der Waals surface area contributed by atoms with Crippen LogP contribution in [0.1, 0.15) is 40.2 Å². The molecule has 196 valence electrons. The fraction of sp³-hybridized carbons (Fsp3) is 0.200. The molecule has 6 rings (SSSR count). The van der Waals surface area contributed by atoms with Crippen LogP contribution >= 0.6 is 11.3 Å². The van der Waals surface area contributed by atoms with E-state index in [1.165, 1.54) is 16.2 Å². The molecule has 0 saturated carbocycles. The number of benzene rings is 3. The Morgan fingerprint density at radius 1 is 1.08 bits per heavy atom. The van der Waals surface area contributed by atoms with Crippen LogP contribution in [0.2, 0.25) is 0 Å². The van der Waals surface area contributed by atoms with Gasteiger partial charge in [-0.1, -0.05) is 53.8 Å². The number of carbonyl (C=O) groups excluding carboxylic acids is 2. The van der Waals surface area contributed by atoms with Crippen molar-refractivity contribution in [3.8, 4) is 11.5 Å². The molecule has 0 unspecified atom stereocenters. The number of amides is 1. The molecule has 1 fully saturated rings. The highest BCUT2D eigenvalue weighted by Crippen LogP contribution is 2.44. The number of ether oxygens (including phenoxy) is 2. The number of aryl methyl sites for hydroxylation is 1. The molecule has 1 amide bonds. The van der Waals surface area contributed by atoms with Gasteiger partial charge in [-0.25, -0.2) is 0 Å². The summed E-state index contributed by atoms with van der Waals surface area (Å²) in [6.07, 6.45) is 0.731. The van der Waals surface area contributed by atoms with Gasteiger partial charge in [0.2, 0.25) is 5.13 Å². The highest BCUT2D eigenvalue weighted by Gasteiger charge is 2.48. The Balaban J connectivity index is 1.39. The lowest BCUT2D eigenvalue weighted by atomic mass is 9.94. The quantitative estimate of drug-likeness (QED) is 0.200. The standard InChI is InChI=1S/C30H25N3O5S/c1-17-14-22-15-21(10-13-24(22)38-17)27(34)25-26(33(29(36)28(25)35)30-32-31-18(2)39-30)20-8-11-23(12-9-20)37-16-19-6-4-3-5-7-19/h3-13,15,17,26,34H,14,16H2,1-2H3/t17-,26-/m0/s1. The molecular formula is C30H25N3O5S. The molecule has 2 aliphatic heterocycles. The zero-order chi connectivity index (χ0) is 27.1. The molecule has 1 saturated heterocycles. The molecule has 39 heavy (non-hydrogen) atoms. The van der Waals surface area contributed by atoms with Crippen molar-refractivity contribution in [2.75, 3.05) is 4.90 Å². The number of hydrogen-bond donors (Lipinski definition) is 1. The summed E-state index contributed by atoms with van der Waals surface area (Å²) in [6.45, 7) is 4.16. The van der Waals surface area contributed by atoms with Gasteiger partial charge < -0.3 is 14.6 Å². The van der Waals surface area contributed by atoms with Gasteiger partial charge in [-0.3, -0.25) is 14.5 Å². The van der Waals surface area contributed by atoms with Gasteiger partial charge in [0.05, 0.1) is 11.6 Å². The highest BCUT2D eigenvalue weighted by molar-refractivity contribution is 7.15. The van der Waals surface area contributed by atoms with Crippen molar-refractivity contribution in [2.45, 2.75) is 39.0 Å². The summed E-state index contributed by atoms with van der Waals surface area (Å²) in [5.41, 5.74) is 3.06.